The topological polar surface area (TPSA) is 83.5 Å². The molecule has 4 heterocycles. The fourth-order valence-electron chi connectivity index (χ4n) is 6.56. The van der Waals surface area contributed by atoms with Gasteiger partial charge in [-0.1, -0.05) is 42.8 Å². The zero-order valence-corrected chi connectivity index (χ0v) is 26.2. The molecule has 2 aliphatic heterocycles. The highest BCUT2D eigenvalue weighted by Gasteiger charge is 2.31. The van der Waals surface area contributed by atoms with Crippen LogP contribution in [0.3, 0.4) is 0 Å². The minimum atomic E-state index is -0.967. The highest BCUT2D eigenvalue weighted by Crippen LogP contribution is 2.36. The molecule has 2 aromatic heterocycles. The predicted octanol–water partition coefficient (Wildman–Crippen LogP) is 5.69. The molecule has 6 rings (SSSR count). The van der Waals surface area contributed by atoms with Crippen molar-refractivity contribution in [2.75, 3.05) is 44.7 Å². The standard InChI is InChI=1S/C36H38F2N6O2/c1-4-9-24-11-6-12-25-13-7-14-28(31(24)25)33-32(38)34-29(20-40-33)35(43(3)27-15-17-44(21-27)30(45)5-2)42-36(41-34)46-22-23-10-8-16-39-19-26(37)18-23/h5-7,11-14,20,23,26-27,39H,2,8,10,15-19,21-22H2,1,3H3/t23-,26-,27-/m1/s1. The number of anilines is 1. The van der Waals surface area contributed by atoms with Gasteiger partial charge in [-0.05, 0) is 62.6 Å². The van der Waals surface area contributed by atoms with Crippen LogP contribution in [0.5, 0.6) is 6.01 Å². The van der Waals surface area contributed by atoms with E-state index in [2.05, 4.69) is 33.7 Å². The summed E-state index contributed by atoms with van der Waals surface area (Å²) >= 11 is 0. The number of rotatable bonds is 7. The lowest BCUT2D eigenvalue weighted by atomic mass is 9.96. The van der Waals surface area contributed by atoms with E-state index in [1.54, 1.807) is 18.0 Å². The highest BCUT2D eigenvalue weighted by molar-refractivity contribution is 6.02. The van der Waals surface area contributed by atoms with Crippen molar-refractivity contribution in [1.29, 1.82) is 0 Å². The van der Waals surface area contributed by atoms with Crippen LogP contribution in [0.2, 0.25) is 0 Å². The van der Waals surface area contributed by atoms with Crippen LogP contribution in [0.25, 0.3) is 32.9 Å². The van der Waals surface area contributed by atoms with Crippen LogP contribution in [0.1, 0.15) is 38.2 Å². The van der Waals surface area contributed by atoms with Crippen molar-refractivity contribution in [1.82, 2.24) is 25.2 Å². The van der Waals surface area contributed by atoms with E-state index in [0.717, 1.165) is 35.7 Å². The number of likely N-dealkylation sites (N-methyl/N-ethyl adjacent to an activating group) is 1. The first-order valence-electron chi connectivity index (χ1n) is 15.8. The van der Waals surface area contributed by atoms with Crippen molar-refractivity contribution in [3.63, 3.8) is 0 Å². The zero-order chi connectivity index (χ0) is 32.2. The number of aromatic nitrogens is 3. The van der Waals surface area contributed by atoms with E-state index in [0.29, 0.717) is 49.2 Å². The number of pyridine rings is 1. The number of nitrogens with zero attached hydrogens (tertiary/aromatic N) is 5. The SMILES string of the molecule is C=CC(=O)N1CC[C@@H](N(C)c2nc(OC[C@@H]3CCCNC[C@H](F)C3)nc3c(F)c(-c4cccc5cccc(C#CC)c45)ncc23)C1. The monoisotopic (exact) mass is 624 g/mol. The summed E-state index contributed by atoms with van der Waals surface area (Å²) in [7, 11) is 1.87. The van der Waals surface area contributed by atoms with Gasteiger partial charge in [-0.15, -0.1) is 5.92 Å². The summed E-state index contributed by atoms with van der Waals surface area (Å²) < 4.78 is 37.4. The Balaban J connectivity index is 1.43. The van der Waals surface area contributed by atoms with Crippen LogP contribution < -0.4 is 15.0 Å². The molecule has 0 unspecified atom stereocenters. The minimum absolute atomic E-state index is 0.0162. The molecule has 2 aromatic carbocycles. The second-order valence-corrected chi connectivity index (χ2v) is 12.0. The Morgan fingerprint density at radius 3 is 2.87 bits per heavy atom. The zero-order valence-electron chi connectivity index (χ0n) is 26.2. The first-order valence-corrected chi connectivity index (χ1v) is 15.8. The van der Waals surface area contributed by atoms with Crippen molar-refractivity contribution in [2.45, 2.75) is 44.8 Å². The van der Waals surface area contributed by atoms with Crippen LogP contribution in [0, 0.1) is 23.6 Å². The number of hydrogen-bond acceptors (Lipinski definition) is 7. The molecule has 3 atom stereocenters. The van der Waals surface area contributed by atoms with Gasteiger partial charge in [0.2, 0.25) is 5.91 Å². The normalized spacial score (nSPS) is 20.1. The van der Waals surface area contributed by atoms with Crippen molar-refractivity contribution in [3.8, 4) is 29.1 Å². The number of carbonyl (C=O) groups is 1. The summed E-state index contributed by atoms with van der Waals surface area (Å²) in [4.78, 5) is 30.0. The Bertz CT molecular complexity index is 1830. The van der Waals surface area contributed by atoms with Crippen LogP contribution >= 0.6 is 0 Å². The maximum absolute atomic E-state index is 16.8. The van der Waals surface area contributed by atoms with Crippen molar-refractivity contribution >= 4 is 33.4 Å². The molecule has 8 nitrogen and oxygen atoms in total. The number of amides is 1. The van der Waals surface area contributed by atoms with E-state index in [9.17, 15) is 9.18 Å². The molecule has 2 aliphatic rings. The summed E-state index contributed by atoms with van der Waals surface area (Å²) in [6.07, 6.45) is 4.74. The van der Waals surface area contributed by atoms with Gasteiger partial charge in [0.1, 0.15) is 23.2 Å². The van der Waals surface area contributed by atoms with Crippen LogP contribution in [-0.2, 0) is 4.79 Å². The number of nitrogens with one attached hydrogen (secondary N) is 1. The van der Waals surface area contributed by atoms with E-state index < -0.39 is 12.0 Å². The number of likely N-dealkylation sites (tertiary alicyclic amines) is 1. The molecule has 0 radical (unpaired) electrons. The molecule has 2 saturated heterocycles. The molecule has 2 fully saturated rings. The predicted molar refractivity (Wildman–Crippen MR) is 177 cm³/mol. The fraction of sp³-hybridized carbons (Fsp3) is 0.389. The molecular weight excluding hydrogens is 586 g/mol. The molecular formula is C36H38F2N6O2. The lowest BCUT2D eigenvalue weighted by Gasteiger charge is -2.27. The van der Waals surface area contributed by atoms with Gasteiger partial charge in [0.05, 0.1) is 12.0 Å². The summed E-state index contributed by atoms with van der Waals surface area (Å²) in [6, 6.07) is 11.4. The Kier molecular flexibility index (Phi) is 9.41. The van der Waals surface area contributed by atoms with Gasteiger partial charge in [0.25, 0.3) is 0 Å². The van der Waals surface area contributed by atoms with Gasteiger partial charge in [0, 0.05) is 55.4 Å². The van der Waals surface area contributed by atoms with Gasteiger partial charge >= 0.3 is 6.01 Å². The molecule has 238 valence electrons. The Morgan fingerprint density at radius 1 is 1.24 bits per heavy atom. The van der Waals surface area contributed by atoms with Crippen LogP contribution in [0.4, 0.5) is 14.6 Å². The summed E-state index contributed by atoms with van der Waals surface area (Å²) in [5.74, 6) is 5.81. The molecule has 0 spiro atoms. The Hall–Kier alpha value is -4.62. The number of carbonyl (C=O) groups excluding carboxylic acids is 1. The molecule has 46 heavy (non-hydrogen) atoms. The van der Waals surface area contributed by atoms with E-state index in [4.69, 9.17) is 9.72 Å². The minimum Gasteiger partial charge on any atom is -0.463 e. The van der Waals surface area contributed by atoms with Gasteiger partial charge in [-0.3, -0.25) is 9.78 Å². The van der Waals surface area contributed by atoms with Crippen LogP contribution in [-0.4, -0.2) is 77.8 Å². The molecule has 10 heteroatoms. The van der Waals surface area contributed by atoms with Gasteiger partial charge in [0.15, 0.2) is 5.82 Å². The number of hydrogen-bond donors (Lipinski definition) is 1. The van der Waals surface area contributed by atoms with Gasteiger partial charge in [-0.25, -0.2) is 8.78 Å². The van der Waals surface area contributed by atoms with E-state index in [1.807, 2.05) is 48.3 Å². The lowest BCUT2D eigenvalue weighted by molar-refractivity contribution is -0.125. The third-order valence-corrected chi connectivity index (χ3v) is 8.96. The molecule has 1 N–H and O–H groups in total. The number of benzene rings is 2. The Labute approximate surface area is 267 Å². The molecule has 4 aromatic rings. The van der Waals surface area contributed by atoms with E-state index in [1.165, 1.54) is 6.08 Å². The molecule has 0 saturated carbocycles. The molecule has 0 bridgehead atoms. The van der Waals surface area contributed by atoms with Gasteiger partial charge in [-0.2, -0.15) is 9.97 Å². The van der Waals surface area contributed by atoms with Crippen molar-refractivity contribution in [3.05, 3.63) is 66.6 Å². The molecule has 1 amide bonds. The summed E-state index contributed by atoms with van der Waals surface area (Å²) in [5, 5.41) is 5.29. The average Bonchev–Trinajstić information content (AvgIpc) is 3.56. The Morgan fingerprint density at radius 2 is 2.07 bits per heavy atom. The number of alkyl halides is 1. The fourth-order valence-corrected chi connectivity index (χ4v) is 6.56. The second kappa shape index (κ2) is 13.8. The van der Waals surface area contributed by atoms with E-state index in [-0.39, 0.29) is 41.7 Å². The summed E-state index contributed by atoms with van der Waals surface area (Å²) in [6.45, 7) is 7.74. The van der Waals surface area contributed by atoms with Crippen LogP contribution in [0.15, 0.2) is 55.3 Å². The van der Waals surface area contributed by atoms with Crippen molar-refractivity contribution in [2.24, 2.45) is 5.92 Å². The first kappa shape index (κ1) is 31.4. The van der Waals surface area contributed by atoms with E-state index >= 15 is 4.39 Å². The first-order chi connectivity index (χ1) is 22.4. The third-order valence-electron chi connectivity index (χ3n) is 8.96. The average molecular weight is 625 g/mol. The number of ether oxygens (including phenoxy) is 1. The second-order valence-electron chi connectivity index (χ2n) is 12.0. The number of halogens is 2. The van der Waals surface area contributed by atoms with Crippen molar-refractivity contribution < 1.29 is 18.3 Å². The quantitative estimate of drug-likeness (QED) is 0.209. The maximum atomic E-state index is 16.8. The maximum Gasteiger partial charge on any atom is 0.319 e. The highest BCUT2D eigenvalue weighted by atomic mass is 19.1. The van der Waals surface area contributed by atoms with Gasteiger partial charge < -0.3 is 19.9 Å². The summed E-state index contributed by atoms with van der Waals surface area (Å²) in [5.41, 5.74) is 1.62. The molecule has 0 aliphatic carbocycles. The third kappa shape index (κ3) is 6.38. The lowest BCUT2D eigenvalue weighted by Crippen LogP contribution is -2.36. The number of fused-ring (bicyclic) bond motifs is 2. The smallest absolute Gasteiger partial charge is 0.319 e. The largest absolute Gasteiger partial charge is 0.463 e.